The molecule has 0 fully saturated rings. The van der Waals surface area contributed by atoms with Crippen molar-refractivity contribution in [3.8, 4) is 5.75 Å². The molecule has 1 aromatic rings. The van der Waals surface area contributed by atoms with Crippen LogP contribution < -0.4 is 15.5 Å². The number of nitrogens with one attached hydrogen (secondary N) is 1. The predicted molar refractivity (Wildman–Crippen MR) is 118 cm³/mol. The van der Waals surface area contributed by atoms with Crippen molar-refractivity contribution in [1.82, 2.24) is 9.88 Å². The lowest BCUT2D eigenvalue weighted by Crippen LogP contribution is -2.42. The van der Waals surface area contributed by atoms with E-state index in [9.17, 15) is 9.59 Å². The minimum Gasteiger partial charge on any atom is -0.491 e. The standard InChI is InChI=1S/C19H31IN2O4Si/c1-8-21-18(24)15-17(25-5)16(23)14(20)13-10-9-12(22(13)15)11-26-27(6,7)19(2,3)4/h12H,8-11H2,1-7H3,(H,21,24)/t12-/m0/s1. The third kappa shape index (κ3) is 4.27. The van der Waals surface area contributed by atoms with E-state index in [1.165, 1.54) is 7.11 Å². The molecule has 27 heavy (non-hydrogen) atoms. The van der Waals surface area contributed by atoms with E-state index < -0.39 is 8.32 Å². The van der Waals surface area contributed by atoms with E-state index in [2.05, 4.69) is 61.8 Å². The van der Waals surface area contributed by atoms with E-state index in [0.717, 1.165) is 18.5 Å². The summed E-state index contributed by atoms with van der Waals surface area (Å²) in [6.07, 6.45) is 1.61. The summed E-state index contributed by atoms with van der Waals surface area (Å²) in [6, 6.07) is 0.0229. The second kappa shape index (κ2) is 8.24. The van der Waals surface area contributed by atoms with Gasteiger partial charge in [-0.25, -0.2) is 0 Å². The zero-order valence-electron chi connectivity index (χ0n) is 17.4. The van der Waals surface area contributed by atoms with Crippen LogP contribution >= 0.6 is 22.6 Å². The van der Waals surface area contributed by atoms with Crippen molar-refractivity contribution in [3.63, 3.8) is 0 Å². The Morgan fingerprint density at radius 1 is 1.37 bits per heavy atom. The van der Waals surface area contributed by atoms with Gasteiger partial charge in [0.1, 0.15) is 0 Å². The molecule has 0 aromatic carbocycles. The maximum Gasteiger partial charge on any atom is 0.271 e. The van der Waals surface area contributed by atoms with Crippen LogP contribution in [0.2, 0.25) is 18.1 Å². The van der Waals surface area contributed by atoms with E-state index in [0.29, 0.717) is 22.4 Å². The Kier molecular flexibility index (Phi) is 6.84. The van der Waals surface area contributed by atoms with Crippen molar-refractivity contribution >= 4 is 36.8 Å². The van der Waals surface area contributed by atoms with Crippen LogP contribution in [-0.4, -0.2) is 39.1 Å². The lowest BCUT2D eigenvalue weighted by Gasteiger charge is -2.37. The lowest BCUT2D eigenvalue weighted by atomic mass is 10.2. The van der Waals surface area contributed by atoms with Crippen LogP contribution in [-0.2, 0) is 10.8 Å². The van der Waals surface area contributed by atoms with E-state index in [4.69, 9.17) is 9.16 Å². The van der Waals surface area contributed by atoms with Gasteiger partial charge in [0.25, 0.3) is 5.91 Å². The summed E-state index contributed by atoms with van der Waals surface area (Å²) >= 11 is 2.07. The van der Waals surface area contributed by atoms with Gasteiger partial charge in [0.2, 0.25) is 5.43 Å². The van der Waals surface area contributed by atoms with E-state index in [-0.39, 0.29) is 28.2 Å². The van der Waals surface area contributed by atoms with Crippen LogP contribution in [0.1, 0.15) is 56.3 Å². The molecule has 1 N–H and O–H groups in total. The number of carbonyl (C=O) groups is 1. The van der Waals surface area contributed by atoms with Gasteiger partial charge in [0.05, 0.1) is 23.3 Å². The molecule has 6 nitrogen and oxygen atoms in total. The Morgan fingerprint density at radius 3 is 2.52 bits per heavy atom. The number of fused-ring (bicyclic) bond motifs is 1. The van der Waals surface area contributed by atoms with E-state index in [1.54, 1.807) is 0 Å². The van der Waals surface area contributed by atoms with Crippen LogP contribution in [0.3, 0.4) is 0 Å². The van der Waals surface area contributed by atoms with E-state index in [1.807, 2.05) is 11.5 Å². The average Bonchev–Trinajstić information content (AvgIpc) is 2.99. The Morgan fingerprint density at radius 2 is 2.00 bits per heavy atom. The quantitative estimate of drug-likeness (QED) is 0.472. The fourth-order valence-corrected chi connectivity index (χ4v) is 4.90. The first kappa shape index (κ1) is 22.4. The number of aromatic nitrogens is 1. The molecule has 0 radical (unpaired) electrons. The largest absolute Gasteiger partial charge is 0.491 e. The van der Waals surface area contributed by atoms with Crippen molar-refractivity contribution in [2.45, 2.75) is 64.7 Å². The topological polar surface area (TPSA) is 69.6 Å². The monoisotopic (exact) mass is 506 g/mol. The van der Waals surface area contributed by atoms with Gasteiger partial charge in [-0.2, -0.15) is 0 Å². The van der Waals surface area contributed by atoms with Crippen molar-refractivity contribution in [2.24, 2.45) is 0 Å². The normalized spacial score (nSPS) is 17.0. The minimum absolute atomic E-state index is 0.0229. The molecular weight excluding hydrogens is 475 g/mol. The minimum atomic E-state index is -1.91. The number of rotatable bonds is 6. The summed E-state index contributed by atoms with van der Waals surface area (Å²) in [5.74, 6) is -0.156. The lowest BCUT2D eigenvalue weighted by molar-refractivity contribution is 0.0937. The molecule has 0 spiro atoms. The van der Waals surface area contributed by atoms with Crippen molar-refractivity contribution in [2.75, 3.05) is 20.3 Å². The van der Waals surface area contributed by atoms with Gasteiger partial charge >= 0.3 is 0 Å². The molecule has 1 amide bonds. The highest BCUT2D eigenvalue weighted by Crippen LogP contribution is 2.39. The maximum absolute atomic E-state index is 12.8. The zero-order chi connectivity index (χ0) is 20.6. The predicted octanol–water partition coefficient (Wildman–Crippen LogP) is 3.72. The van der Waals surface area contributed by atoms with Gasteiger partial charge in [-0.1, -0.05) is 20.8 Å². The Labute approximate surface area is 176 Å². The molecule has 2 heterocycles. The Hall–Kier alpha value is -0.873. The van der Waals surface area contributed by atoms with E-state index >= 15 is 0 Å². The van der Waals surface area contributed by atoms with Crippen LogP contribution in [0.15, 0.2) is 4.79 Å². The van der Waals surface area contributed by atoms with Crippen LogP contribution in [0.5, 0.6) is 5.75 Å². The number of halogens is 1. The van der Waals surface area contributed by atoms with Gasteiger partial charge in [-0.15, -0.1) is 0 Å². The molecule has 0 aliphatic carbocycles. The highest BCUT2D eigenvalue weighted by Gasteiger charge is 2.39. The smallest absolute Gasteiger partial charge is 0.271 e. The summed E-state index contributed by atoms with van der Waals surface area (Å²) in [7, 11) is -0.466. The fraction of sp³-hybridized carbons (Fsp3) is 0.684. The summed E-state index contributed by atoms with van der Waals surface area (Å²) in [6.45, 7) is 14.0. The number of amides is 1. The van der Waals surface area contributed by atoms with Gasteiger partial charge in [-0.3, -0.25) is 9.59 Å². The second-order valence-electron chi connectivity index (χ2n) is 8.46. The number of ether oxygens (including phenoxy) is 1. The number of hydrogen-bond acceptors (Lipinski definition) is 4. The molecule has 0 saturated carbocycles. The van der Waals surface area contributed by atoms with Crippen molar-refractivity contribution in [3.05, 3.63) is 25.2 Å². The maximum atomic E-state index is 12.8. The Bertz CT molecular complexity index is 783. The van der Waals surface area contributed by atoms with Crippen LogP contribution in [0.4, 0.5) is 0 Å². The van der Waals surface area contributed by atoms with Crippen LogP contribution in [0.25, 0.3) is 0 Å². The number of carbonyl (C=O) groups excluding carboxylic acids is 1. The second-order valence-corrected chi connectivity index (χ2v) is 14.4. The third-order valence-corrected chi connectivity index (χ3v) is 11.3. The number of pyridine rings is 1. The Balaban J connectivity index is 2.50. The molecule has 152 valence electrons. The third-order valence-electron chi connectivity index (χ3n) is 5.68. The first-order valence-corrected chi connectivity index (χ1v) is 13.4. The SMILES string of the molecule is CCNC(=O)c1c(OC)c(=O)c(I)c2n1[C@H](CO[Si](C)(C)C(C)(C)C)CC2. The average molecular weight is 506 g/mol. The molecule has 0 bridgehead atoms. The summed E-state index contributed by atoms with van der Waals surface area (Å²) in [5.41, 5.74) is 1.02. The summed E-state index contributed by atoms with van der Waals surface area (Å²) in [5, 5.41) is 2.93. The molecule has 1 aromatic heterocycles. The fourth-order valence-electron chi connectivity index (χ4n) is 3.08. The number of hydrogen-bond donors (Lipinski definition) is 1. The molecule has 1 aliphatic rings. The molecular formula is C19H31IN2O4Si. The van der Waals surface area contributed by atoms with Gasteiger partial charge < -0.3 is 19.0 Å². The highest BCUT2D eigenvalue weighted by molar-refractivity contribution is 14.1. The molecule has 8 heteroatoms. The number of methoxy groups -OCH3 is 1. The van der Waals surface area contributed by atoms with Gasteiger partial charge in [0, 0.05) is 12.2 Å². The van der Waals surface area contributed by atoms with Crippen LogP contribution in [0, 0.1) is 3.57 Å². The zero-order valence-corrected chi connectivity index (χ0v) is 20.5. The molecule has 0 unspecified atom stereocenters. The molecule has 1 aliphatic heterocycles. The first-order chi connectivity index (χ1) is 12.5. The van der Waals surface area contributed by atoms with Gasteiger partial charge in [-0.05, 0) is 60.5 Å². The molecule has 2 rings (SSSR count). The summed E-state index contributed by atoms with van der Waals surface area (Å²) in [4.78, 5) is 25.5. The van der Waals surface area contributed by atoms with Crippen molar-refractivity contribution in [1.29, 1.82) is 0 Å². The number of nitrogens with zero attached hydrogens (tertiary/aromatic N) is 1. The molecule has 0 saturated heterocycles. The first-order valence-electron chi connectivity index (χ1n) is 9.39. The van der Waals surface area contributed by atoms with Gasteiger partial charge in [0.15, 0.2) is 19.8 Å². The summed E-state index contributed by atoms with van der Waals surface area (Å²) < 4.78 is 14.4. The molecule has 1 atom stereocenters. The highest BCUT2D eigenvalue weighted by atomic mass is 127. The van der Waals surface area contributed by atoms with Crippen molar-refractivity contribution < 1.29 is 14.0 Å².